The zero-order valence-corrected chi connectivity index (χ0v) is 11.9. The molecule has 1 unspecified atom stereocenters. The van der Waals surface area contributed by atoms with Crippen molar-refractivity contribution in [1.29, 1.82) is 0 Å². The lowest BCUT2D eigenvalue weighted by Gasteiger charge is -2.27. The van der Waals surface area contributed by atoms with Gasteiger partial charge in [0.25, 0.3) is 0 Å². The summed E-state index contributed by atoms with van der Waals surface area (Å²) in [7, 11) is 1.99. The summed E-state index contributed by atoms with van der Waals surface area (Å²) in [4.78, 5) is 8.68. The molecule has 0 bridgehead atoms. The number of nitrogens with one attached hydrogen (secondary N) is 1. The van der Waals surface area contributed by atoms with E-state index in [2.05, 4.69) is 33.5 Å². The van der Waals surface area contributed by atoms with Gasteiger partial charge in [0, 0.05) is 24.2 Å². The van der Waals surface area contributed by atoms with Crippen molar-refractivity contribution in [3.05, 3.63) is 41.9 Å². The van der Waals surface area contributed by atoms with Gasteiger partial charge < -0.3 is 10.1 Å². The highest BCUT2D eigenvalue weighted by atomic mass is 16.5. The molecule has 0 amide bonds. The van der Waals surface area contributed by atoms with Crippen molar-refractivity contribution in [2.75, 3.05) is 20.2 Å². The van der Waals surface area contributed by atoms with E-state index in [0.717, 1.165) is 42.4 Å². The summed E-state index contributed by atoms with van der Waals surface area (Å²) in [5.74, 6) is 2.27. The standard InChI is InChI=1S/C16H19N3O/c1-11-18-8-6-15(19-11)14-5-3-4-13-12(10-17-2)7-9-20-16(13)14/h3-6,8,12,17H,7,9-10H2,1-2H3. The molecule has 1 atom stereocenters. The summed E-state index contributed by atoms with van der Waals surface area (Å²) < 4.78 is 5.94. The third kappa shape index (κ3) is 2.39. The van der Waals surface area contributed by atoms with Gasteiger partial charge in [0.2, 0.25) is 0 Å². The summed E-state index contributed by atoms with van der Waals surface area (Å²) in [6.45, 7) is 3.65. The van der Waals surface area contributed by atoms with Crippen LogP contribution in [0, 0.1) is 6.92 Å². The van der Waals surface area contributed by atoms with Crippen LogP contribution in [0.15, 0.2) is 30.5 Å². The van der Waals surface area contributed by atoms with Gasteiger partial charge in [-0.15, -0.1) is 0 Å². The smallest absolute Gasteiger partial charge is 0.132 e. The molecule has 0 saturated carbocycles. The van der Waals surface area contributed by atoms with Gasteiger partial charge in [-0.3, -0.25) is 0 Å². The topological polar surface area (TPSA) is 47.0 Å². The molecule has 3 rings (SSSR count). The molecule has 20 heavy (non-hydrogen) atoms. The largest absolute Gasteiger partial charge is 0.493 e. The fraction of sp³-hybridized carbons (Fsp3) is 0.375. The Morgan fingerprint density at radius 2 is 2.25 bits per heavy atom. The number of hydrogen-bond donors (Lipinski definition) is 1. The van der Waals surface area contributed by atoms with E-state index < -0.39 is 0 Å². The molecule has 2 heterocycles. The van der Waals surface area contributed by atoms with E-state index >= 15 is 0 Å². The molecule has 1 aromatic heterocycles. The number of benzene rings is 1. The highest BCUT2D eigenvalue weighted by Gasteiger charge is 2.23. The Hall–Kier alpha value is -1.94. The minimum atomic E-state index is 0.506. The molecule has 4 heteroatoms. The summed E-state index contributed by atoms with van der Waals surface area (Å²) >= 11 is 0. The van der Waals surface area contributed by atoms with Crippen LogP contribution in [0.25, 0.3) is 11.3 Å². The van der Waals surface area contributed by atoms with Crippen molar-refractivity contribution in [1.82, 2.24) is 15.3 Å². The highest BCUT2D eigenvalue weighted by molar-refractivity contribution is 5.70. The lowest BCUT2D eigenvalue weighted by atomic mass is 9.90. The average Bonchev–Trinajstić information content (AvgIpc) is 2.47. The zero-order valence-electron chi connectivity index (χ0n) is 11.9. The van der Waals surface area contributed by atoms with Crippen molar-refractivity contribution in [2.45, 2.75) is 19.3 Å². The van der Waals surface area contributed by atoms with E-state index in [0.29, 0.717) is 5.92 Å². The van der Waals surface area contributed by atoms with E-state index in [9.17, 15) is 0 Å². The van der Waals surface area contributed by atoms with Gasteiger partial charge in [-0.1, -0.05) is 12.1 Å². The first-order valence-electron chi connectivity index (χ1n) is 7.00. The SMILES string of the molecule is CNCC1CCOc2c(-c3ccnc(C)n3)cccc21. The van der Waals surface area contributed by atoms with Crippen LogP contribution in [0.5, 0.6) is 5.75 Å². The molecule has 1 aliphatic heterocycles. The predicted molar refractivity (Wildman–Crippen MR) is 79.0 cm³/mol. The molecular formula is C16H19N3O. The fourth-order valence-corrected chi connectivity index (χ4v) is 2.76. The summed E-state index contributed by atoms with van der Waals surface area (Å²) in [6, 6.07) is 8.26. The Balaban J connectivity index is 2.07. The molecule has 2 aromatic rings. The quantitative estimate of drug-likeness (QED) is 0.930. The minimum Gasteiger partial charge on any atom is -0.493 e. The number of aryl methyl sites for hydroxylation is 1. The van der Waals surface area contributed by atoms with Gasteiger partial charge in [0.05, 0.1) is 12.3 Å². The van der Waals surface area contributed by atoms with Gasteiger partial charge in [0.15, 0.2) is 0 Å². The molecule has 0 radical (unpaired) electrons. The number of likely N-dealkylation sites (N-methyl/N-ethyl adjacent to an activating group) is 1. The summed E-state index contributed by atoms with van der Waals surface area (Å²) in [5, 5.41) is 3.27. The number of aromatic nitrogens is 2. The Morgan fingerprint density at radius 3 is 3.05 bits per heavy atom. The van der Waals surface area contributed by atoms with E-state index in [4.69, 9.17) is 4.74 Å². The van der Waals surface area contributed by atoms with Crippen LogP contribution in [-0.4, -0.2) is 30.2 Å². The number of nitrogens with zero attached hydrogens (tertiary/aromatic N) is 2. The molecule has 1 aliphatic rings. The first kappa shape index (κ1) is 13.1. The van der Waals surface area contributed by atoms with E-state index in [1.807, 2.05) is 20.0 Å². The van der Waals surface area contributed by atoms with Gasteiger partial charge in [-0.05, 0) is 38.1 Å². The van der Waals surface area contributed by atoms with E-state index in [1.165, 1.54) is 5.56 Å². The third-order valence-corrected chi connectivity index (χ3v) is 3.70. The minimum absolute atomic E-state index is 0.506. The van der Waals surface area contributed by atoms with Gasteiger partial charge in [0.1, 0.15) is 11.6 Å². The normalized spacial score (nSPS) is 17.4. The van der Waals surface area contributed by atoms with Crippen LogP contribution in [-0.2, 0) is 0 Å². The number of hydrogen-bond acceptors (Lipinski definition) is 4. The van der Waals surface area contributed by atoms with Crippen molar-refractivity contribution >= 4 is 0 Å². The Kier molecular flexibility index (Phi) is 3.65. The summed E-state index contributed by atoms with van der Waals surface area (Å²) in [6.07, 6.45) is 2.85. The van der Waals surface area contributed by atoms with Crippen molar-refractivity contribution in [3.8, 4) is 17.0 Å². The number of ether oxygens (including phenoxy) is 1. The van der Waals surface area contributed by atoms with Crippen LogP contribution in [0.3, 0.4) is 0 Å². The number of rotatable bonds is 3. The molecule has 104 valence electrons. The van der Waals surface area contributed by atoms with Crippen molar-refractivity contribution < 1.29 is 4.74 Å². The zero-order chi connectivity index (χ0) is 13.9. The van der Waals surface area contributed by atoms with Gasteiger partial charge >= 0.3 is 0 Å². The lowest BCUT2D eigenvalue weighted by Crippen LogP contribution is -2.23. The second-order valence-electron chi connectivity index (χ2n) is 5.10. The van der Waals surface area contributed by atoms with Crippen LogP contribution in [0.2, 0.25) is 0 Å². The van der Waals surface area contributed by atoms with Crippen LogP contribution >= 0.6 is 0 Å². The molecule has 0 saturated heterocycles. The molecule has 1 aromatic carbocycles. The molecule has 1 N–H and O–H groups in total. The second kappa shape index (κ2) is 5.59. The van der Waals surface area contributed by atoms with E-state index in [-0.39, 0.29) is 0 Å². The van der Waals surface area contributed by atoms with Crippen LogP contribution in [0.1, 0.15) is 23.7 Å². The van der Waals surface area contributed by atoms with Gasteiger partial charge in [-0.2, -0.15) is 0 Å². The molecular weight excluding hydrogens is 250 g/mol. The molecule has 0 aliphatic carbocycles. The van der Waals surface area contributed by atoms with Crippen LogP contribution < -0.4 is 10.1 Å². The monoisotopic (exact) mass is 269 g/mol. The van der Waals surface area contributed by atoms with E-state index in [1.54, 1.807) is 6.20 Å². The maximum Gasteiger partial charge on any atom is 0.132 e. The summed E-state index contributed by atoms with van der Waals surface area (Å²) in [5.41, 5.74) is 3.27. The number of para-hydroxylation sites is 1. The Morgan fingerprint density at radius 1 is 1.35 bits per heavy atom. The lowest BCUT2D eigenvalue weighted by molar-refractivity contribution is 0.267. The maximum atomic E-state index is 5.94. The highest BCUT2D eigenvalue weighted by Crippen LogP contribution is 2.40. The second-order valence-corrected chi connectivity index (χ2v) is 5.10. The first-order chi connectivity index (χ1) is 9.79. The number of fused-ring (bicyclic) bond motifs is 1. The third-order valence-electron chi connectivity index (χ3n) is 3.70. The molecule has 0 spiro atoms. The van der Waals surface area contributed by atoms with Crippen molar-refractivity contribution in [2.24, 2.45) is 0 Å². The molecule has 0 fully saturated rings. The van der Waals surface area contributed by atoms with Gasteiger partial charge in [-0.25, -0.2) is 9.97 Å². The molecule has 4 nitrogen and oxygen atoms in total. The van der Waals surface area contributed by atoms with Crippen molar-refractivity contribution in [3.63, 3.8) is 0 Å². The first-order valence-corrected chi connectivity index (χ1v) is 7.00. The Bertz CT molecular complexity index is 612. The van der Waals surface area contributed by atoms with Crippen LogP contribution in [0.4, 0.5) is 0 Å². The predicted octanol–water partition coefficient (Wildman–Crippen LogP) is 2.54. The average molecular weight is 269 g/mol. The fourth-order valence-electron chi connectivity index (χ4n) is 2.76. The Labute approximate surface area is 119 Å². The maximum absolute atomic E-state index is 5.94.